The van der Waals surface area contributed by atoms with Gasteiger partial charge in [0.15, 0.2) is 0 Å². The molecule has 2 atom stereocenters. The van der Waals surface area contributed by atoms with Gasteiger partial charge in [0.05, 0.1) is 5.41 Å². The maximum absolute atomic E-state index is 13.9. The number of nitrogens with one attached hydrogen (secondary N) is 1. The Bertz CT molecular complexity index is 592. The van der Waals surface area contributed by atoms with Gasteiger partial charge >= 0.3 is 0 Å². The van der Waals surface area contributed by atoms with E-state index >= 15 is 0 Å². The molecule has 1 aromatic rings. The number of fused-ring (bicyclic) bond motifs is 2. The van der Waals surface area contributed by atoms with Crippen molar-refractivity contribution >= 4 is 5.91 Å². The van der Waals surface area contributed by atoms with Gasteiger partial charge in [-0.1, -0.05) is 49.1 Å². The number of benzene rings is 1. The summed E-state index contributed by atoms with van der Waals surface area (Å²) in [6, 6.07) is 9.61. The van der Waals surface area contributed by atoms with Crippen molar-refractivity contribution in [1.82, 2.24) is 10.2 Å². The molecule has 130 valence electrons. The Morgan fingerprint density at radius 3 is 2.71 bits per heavy atom. The molecule has 2 aliphatic heterocycles. The molecular weight excluding hydrogens is 296 g/mol. The van der Waals surface area contributed by atoms with Crippen LogP contribution in [0, 0.1) is 6.92 Å². The lowest BCUT2D eigenvalue weighted by molar-refractivity contribution is -0.141. The summed E-state index contributed by atoms with van der Waals surface area (Å²) >= 11 is 0. The second-order valence-corrected chi connectivity index (χ2v) is 8.10. The summed E-state index contributed by atoms with van der Waals surface area (Å²) in [5, 5.41) is 3.53. The Balaban J connectivity index is 1.72. The van der Waals surface area contributed by atoms with Crippen LogP contribution in [0.25, 0.3) is 0 Å². The van der Waals surface area contributed by atoms with Crippen molar-refractivity contribution in [2.24, 2.45) is 0 Å². The van der Waals surface area contributed by atoms with Gasteiger partial charge in [-0.3, -0.25) is 4.79 Å². The van der Waals surface area contributed by atoms with Crippen LogP contribution in [0.4, 0.5) is 0 Å². The number of carbonyl (C=O) groups excluding carboxylic acids is 1. The lowest BCUT2D eigenvalue weighted by Crippen LogP contribution is -2.53. The van der Waals surface area contributed by atoms with E-state index in [2.05, 4.69) is 41.4 Å². The van der Waals surface area contributed by atoms with E-state index in [0.717, 1.165) is 32.4 Å². The van der Waals surface area contributed by atoms with Crippen LogP contribution in [0.5, 0.6) is 0 Å². The molecule has 1 amide bonds. The van der Waals surface area contributed by atoms with Gasteiger partial charge in [0.2, 0.25) is 5.91 Å². The van der Waals surface area contributed by atoms with Gasteiger partial charge in [-0.25, -0.2) is 0 Å². The summed E-state index contributed by atoms with van der Waals surface area (Å²) in [7, 11) is 0. The van der Waals surface area contributed by atoms with E-state index in [1.807, 2.05) is 0 Å². The molecule has 0 spiro atoms. The number of nitrogens with zero attached hydrogens (tertiary/aromatic N) is 1. The molecular formula is C21H30N2O. The van der Waals surface area contributed by atoms with Crippen LogP contribution >= 0.6 is 0 Å². The quantitative estimate of drug-likeness (QED) is 0.901. The third-order valence-electron chi connectivity index (χ3n) is 6.58. The van der Waals surface area contributed by atoms with Crippen LogP contribution in [-0.4, -0.2) is 36.0 Å². The topological polar surface area (TPSA) is 32.3 Å². The Morgan fingerprint density at radius 1 is 1.12 bits per heavy atom. The van der Waals surface area contributed by atoms with Crippen molar-refractivity contribution in [3.05, 3.63) is 35.4 Å². The molecule has 0 aromatic heterocycles. The van der Waals surface area contributed by atoms with Crippen LogP contribution in [0.3, 0.4) is 0 Å². The van der Waals surface area contributed by atoms with Gasteiger partial charge < -0.3 is 10.2 Å². The van der Waals surface area contributed by atoms with Crippen LogP contribution < -0.4 is 5.32 Å². The molecule has 1 aromatic carbocycles. The third-order valence-corrected chi connectivity index (χ3v) is 6.58. The van der Waals surface area contributed by atoms with E-state index in [4.69, 9.17) is 0 Å². The number of hydrogen-bond acceptors (Lipinski definition) is 2. The zero-order valence-electron chi connectivity index (χ0n) is 14.9. The zero-order valence-corrected chi connectivity index (χ0v) is 14.9. The Hall–Kier alpha value is -1.35. The first-order valence-corrected chi connectivity index (χ1v) is 9.81. The Morgan fingerprint density at radius 2 is 1.92 bits per heavy atom. The third kappa shape index (κ3) is 2.67. The van der Waals surface area contributed by atoms with Gasteiger partial charge in [-0.05, 0) is 51.1 Å². The lowest BCUT2D eigenvalue weighted by Gasteiger charge is -2.42. The number of amides is 1. The molecule has 3 aliphatic rings. The minimum atomic E-state index is -0.268. The van der Waals surface area contributed by atoms with E-state index in [0.29, 0.717) is 18.0 Å². The van der Waals surface area contributed by atoms with Crippen molar-refractivity contribution in [3.63, 3.8) is 0 Å². The molecule has 1 N–H and O–H groups in total. The monoisotopic (exact) mass is 326 g/mol. The maximum Gasteiger partial charge on any atom is 0.233 e. The summed E-state index contributed by atoms with van der Waals surface area (Å²) in [5.41, 5.74) is 2.27. The summed E-state index contributed by atoms with van der Waals surface area (Å²) in [4.78, 5) is 16.2. The average Bonchev–Trinajstić information content (AvgIpc) is 2.87. The summed E-state index contributed by atoms with van der Waals surface area (Å²) in [6.07, 6.45) is 9.18. The van der Waals surface area contributed by atoms with Crippen LogP contribution in [-0.2, 0) is 10.2 Å². The van der Waals surface area contributed by atoms with E-state index in [1.54, 1.807) is 0 Å². The molecule has 4 rings (SSSR count). The Kier molecular flexibility index (Phi) is 4.38. The number of aryl methyl sites for hydroxylation is 1. The second kappa shape index (κ2) is 6.51. The highest BCUT2D eigenvalue weighted by Crippen LogP contribution is 2.44. The normalized spacial score (nSPS) is 29.3. The molecule has 1 aliphatic carbocycles. The van der Waals surface area contributed by atoms with Crippen LogP contribution in [0.2, 0.25) is 0 Å². The second-order valence-electron chi connectivity index (χ2n) is 8.10. The van der Waals surface area contributed by atoms with Crippen molar-refractivity contribution in [2.45, 2.75) is 75.8 Å². The minimum absolute atomic E-state index is 0.268. The first kappa shape index (κ1) is 16.1. The fraction of sp³-hybridized carbons (Fsp3) is 0.667. The van der Waals surface area contributed by atoms with E-state index in [9.17, 15) is 4.79 Å². The zero-order chi connectivity index (χ0) is 16.6. The number of rotatable bonds is 2. The highest BCUT2D eigenvalue weighted by Gasteiger charge is 2.48. The van der Waals surface area contributed by atoms with Gasteiger partial charge in [0.25, 0.3) is 0 Å². The highest BCUT2D eigenvalue weighted by molar-refractivity contribution is 5.89. The molecule has 24 heavy (non-hydrogen) atoms. The lowest BCUT2D eigenvalue weighted by atomic mass is 9.68. The van der Waals surface area contributed by atoms with Crippen LogP contribution in [0.15, 0.2) is 24.3 Å². The first-order chi connectivity index (χ1) is 11.7. The van der Waals surface area contributed by atoms with Crippen molar-refractivity contribution in [3.8, 4) is 0 Å². The smallest absolute Gasteiger partial charge is 0.233 e. The predicted octanol–water partition coefficient (Wildman–Crippen LogP) is 3.55. The first-order valence-electron chi connectivity index (χ1n) is 9.81. The standard InChI is InChI=1S/C21H30N2O/c1-16-6-5-7-17(14-16)21(11-3-2-4-12-21)20(24)23-18-8-9-19(23)15-22-13-10-18/h5-7,14,18-19,22H,2-4,8-13,15H2,1H3. The predicted molar refractivity (Wildman–Crippen MR) is 97.1 cm³/mol. The van der Waals surface area contributed by atoms with E-state index < -0.39 is 0 Å². The molecule has 3 heteroatoms. The molecule has 2 heterocycles. The van der Waals surface area contributed by atoms with E-state index in [-0.39, 0.29) is 5.41 Å². The average molecular weight is 326 g/mol. The van der Waals surface area contributed by atoms with Crippen molar-refractivity contribution in [2.75, 3.05) is 13.1 Å². The van der Waals surface area contributed by atoms with Gasteiger partial charge in [0, 0.05) is 18.6 Å². The van der Waals surface area contributed by atoms with E-state index in [1.165, 1.54) is 43.2 Å². The fourth-order valence-electron chi connectivity index (χ4n) is 5.29. The largest absolute Gasteiger partial charge is 0.335 e. The van der Waals surface area contributed by atoms with Crippen LogP contribution in [0.1, 0.15) is 62.5 Å². The summed E-state index contributed by atoms with van der Waals surface area (Å²) in [5.74, 6) is 0.434. The number of carbonyl (C=O) groups is 1. The van der Waals surface area contributed by atoms with Gasteiger partial charge in [0.1, 0.15) is 0 Å². The van der Waals surface area contributed by atoms with Crippen molar-refractivity contribution < 1.29 is 4.79 Å². The molecule has 3 fully saturated rings. The molecule has 2 unspecified atom stereocenters. The minimum Gasteiger partial charge on any atom is -0.335 e. The van der Waals surface area contributed by atoms with Crippen molar-refractivity contribution in [1.29, 1.82) is 0 Å². The number of hydrogen-bond donors (Lipinski definition) is 1. The fourth-order valence-corrected chi connectivity index (χ4v) is 5.29. The summed E-state index contributed by atoms with van der Waals surface area (Å²) in [6.45, 7) is 4.18. The molecule has 3 nitrogen and oxygen atoms in total. The summed E-state index contributed by atoms with van der Waals surface area (Å²) < 4.78 is 0. The van der Waals surface area contributed by atoms with Gasteiger partial charge in [-0.15, -0.1) is 0 Å². The Labute approximate surface area is 145 Å². The molecule has 2 bridgehead atoms. The highest BCUT2D eigenvalue weighted by atomic mass is 16.2. The molecule has 2 saturated heterocycles. The van der Waals surface area contributed by atoms with Gasteiger partial charge in [-0.2, -0.15) is 0 Å². The maximum atomic E-state index is 13.9. The SMILES string of the molecule is Cc1cccc(C2(C(=O)N3C4CCNCC3CC4)CCCCC2)c1. The molecule has 1 saturated carbocycles. The molecule has 0 radical (unpaired) electrons.